The summed E-state index contributed by atoms with van der Waals surface area (Å²) in [6.45, 7) is 2.72. The Labute approximate surface area is 508 Å². The summed E-state index contributed by atoms with van der Waals surface area (Å²) in [6.07, 6.45) is 59.5. The zero-order valence-electron chi connectivity index (χ0n) is 52.1. The minimum absolute atomic E-state index is 0.217. The summed E-state index contributed by atoms with van der Waals surface area (Å²) in [4.78, 5) is 13.3. The van der Waals surface area contributed by atoms with Crippen LogP contribution in [0.15, 0.2) is 109 Å². The molecule has 14 nitrogen and oxygen atoms in total. The summed E-state index contributed by atoms with van der Waals surface area (Å²) in [6, 6.07) is -0.869. The Morgan fingerprint density at radius 3 is 1.21 bits per heavy atom. The van der Waals surface area contributed by atoms with Crippen molar-refractivity contribution in [1.29, 1.82) is 0 Å². The highest BCUT2D eigenvalue weighted by Crippen LogP contribution is 2.30. The van der Waals surface area contributed by atoms with Crippen LogP contribution in [-0.2, 0) is 23.7 Å². The maximum Gasteiger partial charge on any atom is 0.220 e. The van der Waals surface area contributed by atoms with Crippen LogP contribution in [0.4, 0.5) is 0 Å². The SMILES string of the molecule is CC/C=C\C/C=C\C/C=C\C/C=C\C/C=C\C/C=C\C/C=C\C/C=C\C/C=C\CCCC(=O)NC(COC1OC(CO)C(OC2OC(CO)C(O)C(O)C2O)C(O)C1O)C(O)CCCCCCCCCCCCCCCCCCCCCCC. The lowest BCUT2D eigenvalue weighted by atomic mass is 9.97. The molecule has 0 bridgehead atoms. The van der Waals surface area contributed by atoms with Crippen LogP contribution < -0.4 is 5.32 Å². The molecule has 0 aromatic heterocycles. The predicted octanol–water partition coefficient (Wildman–Crippen LogP) is 12.8. The Morgan fingerprint density at radius 2 is 0.810 bits per heavy atom. The van der Waals surface area contributed by atoms with Gasteiger partial charge < -0.3 is 65.1 Å². The number of amides is 1. The van der Waals surface area contributed by atoms with Crippen LogP contribution >= 0.6 is 0 Å². The van der Waals surface area contributed by atoms with Crippen LogP contribution in [-0.4, -0.2) is 140 Å². The summed E-state index contributed by atoms with van der Waals surface area (Å²) in [5.74, 6) is -0.267. The fourth-order valence-corrected chi connectivity index (χ4v) is 10.2. The second-order valence-corrected chi connectivity index (χ2v) is 22.9. The molecule has 9 N–H and O–H groups in total. The number of nitrogens with one attached hydrogen (secondary N) is 1. The Bertz CT molecular complexity index is 1820. The van der Waals surface area contributed by atoms with E-state index in [4.69, 9.17) is 18.9 Å². The van der Waals surface area contributed by atoms with Crippen LogP contribution in [0.2, 0.25) is 0 Å². The summed E-state index contributed by atoms with van der Waals surface area (Å²) in [5, 5.41) is 87.4. The fourth-order valence-electron chi connectivity index (χ4n) is 10.2. The van der Waals surface area contributed by atoms with E-state index in [0.29, 0.717) is 19.3 Å². The van der Waals surface area contributed by atoms with Gasteiger partial charge in [-0.2, -0.15) is 0 Å². The van der Waals surface area contributed by atoms with Crippen LogP contribution in [0.1, 0.15) is 232 Å². The molecule has 0 aromatic rings. The molecular weight excluding hydrogens is 1060 g/mol. The van der Waals surface area contributed by atoms with E-state index in [0.717, 1.165) is 83.5 Å². The van der Waals surface area contributed by atoms with Crippen molar-refractivity contribution >= 4 is 5.91 Å². The van der Waals surface area contributed by atoms with Gasteiger partial charge in [0, 0.05) is 6.42 Å². The van der Waals surface area contributed by atoms with Gasteiger partial charge in [0.15, 0.2) is 12.6 Å². The van der Waals surface area contributed by atoms with E-state index >= 15 is 0 Å². The summed E-state index contributed by atoms with van der Waals surface area (Å²) >= 11 is 0. The monoisotopic (exact) mass is 1180 g/mol. The van der Waals surface area contributed by atoms with Crippen molar-refractivity contribution in [3.8, 4) is 0 Å². The maximum atomic E-state index is 13.3. The Balaban J connectivity index is 1.75. The normalized spacial score (nSPS) is 24.4. The highest BCUT2D eigenvalue weighted by molar-refractivity contribution is 5.76. The molecule has 0 spiro atoms. The molecule has 84 heavy (non-hydrogen) atoms. The highest BCUT2D eigenvalue weighted by Gasteiger charge is 2.51. The first kappa shape index (κ1) is 76.7. The van der Waals surface area contributed by atoms with E-state index in [1.54, 1.807) is 0 Å². The van der Waals surface area contributed by atoms with Gasteiger partial charge >= 0.3 is 0 Å². The molecule has 12 unspecified atom stereocenters. The van der Waals surface area contributed by atoms with E-state index < -0.39 is 86.8 Å². The van der Waals surface area contributed by atoms with Crippen molar-refractivity contribution < 1.29 is 64.6 Å². The van der Waals surface area contributed by atoms with Crippen molar-refractivity contribution in [2.75, 3.05) is 19.8 Å². The number of unbranched alkanes of at least 4 members (excludes halogenated alkanes) is 21. The predicted molar refractivity (Wildman–Crippen MR) is 341 cm³/mol. The third-order valence-electron chi connectivity index (χ3n) is 15.5. The molecule has 14 heteroatoms. The lowest BCUT2D eigenvalue weighted by Gasteiger charge is -2.46. The molecule has 0 aliphatic carbocycles. The first-order chi connectivity index (χ1) is 41.1. The molecule has 2 fully saturated rings. The van der Waals surface area contributed by atoms with E-state index in [-0.39, 0.29) is 18.9 Å². The minimum Gasteiger partial charge on any atom is -0.394 e. The number of carbonyl (C=O) groups excluding carboxylic acids is 1. The highest BCUT2D eigenvalue weighted by atomic mass is 16.7. The maximum absolute atomic E-state index is 13.3. The number of hydrogen-bond donors (Lipinski definition) is 9. The zero-order chi connectivity index (χ0) is 60.9. The van der Waals surface area contributed by atoms with Gasteiger partial charge in [-0.15, -0.1) is 0 Å². The third kappa shape index (κ3) is 38.0. The van der Waals surface area contributed by atoms with Crippen molar-refractivity contribution in [2.45, 2.75) is 306 Å². The van der Waals surface area contributed by atoms with Crippen molar-refractivity contribution in [3.63, 3.8) is 0 Å². The lowest BCUT2D eigenvalue weighted by Crippen LogP contribution is -2.65. The van der Waals surface area contributed by atoms with Gasteiger partial charge in [0.1, 0.15) is 48.8 Å². The topological polar surface area (TPSA) is 228 Å². The first-order valence-electron chi connectivity index (χ1n) is 33.1. The molecule has 0 aromatic carbocycles. The molecule has 2 heterocycles. The third-order valence-corrected chi connectivity index (χ3v) is 15.5. The number of rotatable bonds is 52. The fraction of sp³-hybridized carbons (Fsp3) is 0.729. The average molecular weight is 1180 g/mol. The van der Waals surface area contributed by atoms with Crippen molar-refractivity contribution in [1.82, 2.24) is 5.32 Å². The van der Waals surface area contributed by atoms with Crippen LogP contribution in [0.5, 0.6) is 0 Å². The largest absolute Gasteiger partial charge is 0.394 e. The number of aliphatic hydroxyl groups excluding tert-OH is 8. The van der Waals surface area contributed by atoms with E-state index in [1.807, 2.05) is 0 Å². The van der Waals surface area contributed by atoms with Crippen molar-refractivity contribution in [2.24, 2.45) is 0 Å². The minimum atomic E-state index is -1.79. The van der Waals surface area contributed by atoms with Crippen LogP contribution in [0.25, 0.3) is 0 Å². The van der Waals surface area contributed by atoms with Gasteiger partial charge in [0.2, 0.25) is 5.91 Å². The van der Waals surface area contributed by atoms with E-state index in [1.165, 1.54) is 109 Å². The van der Waals surface area contributed by atoms with E-state index in [2.05, 4.69) is 129 Å². The number of ether oxygens (including phenoxy) is 4. The van der Waals surface area contributed by atoms with E-state index in [9.17, 15) is 45.6 Å². The van der Waals surface area contributed by atoms with Gasteiger partial charge in [-0.05, 0) is 77.0 Å². The number of aliphatic hydroxyl groups is 8. The average Bonchev–Trinajstić information content (AvgIpc) is 3.24. The second-order valence-electron chi connectivity index (χ2n) is 22.9. The van der Waals surface area contributed by atoms with Crippen molar-refractivity contribution in [3.05, 3.63) is 109 Å². The lowest BCUT2D eigenvalue weighted by molar-refractivity contribution is -0.359. The Morgan fingerprint density at radius 1 is 0.440 bits per heavy atom. The van der Waals surface area contributed by atoms with Gasteiger partial charge in [-0.3, -0.25) is 4.79 Å². The molecule has 12 atom stereocenters. The molecule has 2 rings (SSSR count). The molecule has 2 aliphatic heterocycles. The molecular formula is C70H119NO13. The molecule has 1 amide bonds. The Kier molecular flexibility index (Phi) is 49.2. The standard InChI is InChI=1S/C70H119NO13/c1-3-5-7-9-11-13-15-17-19-21-23-25-26-27-28-29-30-31-32-34-36-38-40-42-44-46-48-50-52-54-62(75)71-58(59(74)53-51-49-47-45-43-41-39-37-35-33-24-22-20-18-16-14-12-10-8-6-4-2)57-81-69-67(80)65(78)68(61(56-73)83-69)84-70-66(79)64(77)63(76)60(55-72)82-70/h5,7,11,13,17,19,23,25,27-28,30-31,34,36,40,42,46,48,58-61,63-70,72-74,76-80H,3-4,6,8-10,12,14-16,18,20-22,24,26,29,32-33,35,37-39,41,43-45,47,49-57H2,1-2H3,(H,71,75)/b7-5-,13-11-,19-17-,25-23-,28-27-,31-30-,36-34-,42-40-,48-46-. The number of carbonyl (C=O) groups is 1. The molecule has 0 saturated carbocycles. The van der Waals surface area contributed by atoms with Gasteiger partial charge in [0.05, 0.1) is 32.0 Å². The van der Waals surface area contributed by atoms with Gasteiger partial charge in [0.25, 0.3) is 0 Å². The molecule has 2 aliphatic rings. The first-order valence-corrected chi connectivity index (χ1v) is 33.1. The number of allylic oxidation sites excluding steroid dienone is 18. The molecule has 482 valence electrons. The van der Waals surface area contributed by atoms with Crippen LogP contribution in [0, 0.1) is 0 Å². The number of hydrogen-bond acceptors (Lipinski definition) is 13. The summed E-state index contributed by atoms with van der Waals surface area (Å²) < 4.78 is 22.9. The van der Waals surface area contributed by atoms with Crippen LogP contribution in [0.3, 0.4) is 0 Å². The molecule has 2 saturated heterocycles. The summed E-state index contributed by atoms with van der Waals surface area (Å²) in [7, 11) is 0. The van der Waals surface area contributed by atoms with Gasteiger partial charge in [-0.25, -0.2) is 0 Å². The smallest absolute Gasteiger partial charge is 0.220 e. The quantitative estimate of drug-likeness (QED) is 0.0204. The second kappa shape index (κ2) is 53.9. The molecule has 0 radical (unpaired) electrons. The summed E-state index contributed by atoms with van der Waals surface area (Å²) in [5.41, 5.74) is 0. The van der Waals surface area contributed by atoms with Gasteiger partial charge in [-0.1, -0.05) is 258 Å². The Hall–Kier alpha value is -3.35. The zero-order valence-corrected chi connectivity index (χ0v) is 52.1.